The molecule has 0 spiro atoms. The van der Waals surface area contributed by atoms with Crippen LogP contribution < -0.4 is 21.3 Å². The summed E-state index contributed by atoms with van der Waals surface area (Å²) in [5, 5.41) is 12.2. The predicted octanol–water partition coefficient (Wildman–Crippen LogP) is 2.80. The third-order valence-electron chi connectivity index (χ3n) is 7.88. The van der Waals surface area contributed by atoms with Crippen molar-refractivity contribution >= 4 is 51.6 Å². The van der Waals surface area contributed by atoms with E-state index >= 15 is 0 Å². The van der Waals surface area contributed by atoms with E-state index in [0.29, 0.717) is 67.3 Å². The Kier molecular flexibility index (Phi) is 6.99. The Hall–Kier alpha value is -5.17. The van der Waals surface area contributed by atoms with E-state index in [1.54, 1.807) is 27.7 Å². The minimum atomic E-state index is -0.142. The molecule has 0 radical (unpaired) electrons. The summed E-state index contributed by atoms with van der Waals surface area (Å²) < 4.78 is 6.92. The highest BCUT2D eigenvalue weighted by atomic mass is 16.5. The van der Waals surface area contributed by atoms with Crippen molar-refractivity contribution in [2.24, 2.45) is 0 Å². The summed E-state index contributed by atoms with van der Waals surface area (Å²) in [6.07, 6.45) is 3.25. The van der Waals surface area contributed by atoms with Crippen LogP contribution in [-0.4, -0.2) is 86.7 Å². The van der Waals surface area contributed by atoms with Gasteiger partial charge < -0.3 is 35.9 Å². The van der Waals surface area contributed by atoms with Crippen LogP contribution in [0.4, 0.5) is 23.3 Å². The summed E-state index contributed by atoms with van der Waals surface area (Å²) in [5.74, 6) is 1.19. The number of rotatable bonds is 6. The van der Waals surface area contributed by atoms with Crippen molar-refractivity contribution in [1.82, 2.24) is 34.8 Å². The second-order valence-corrected chi connectivity index (χ2v) is 10.8. The average Bonchev–Trinajstić information content (AvgIpc) is 3.66. The first-order valence-electron chi connectivity index (χ1n) is 14.4. The quantitative estimate of drug-likeness (QED) is 0.237. The number of benzene rings is 2. The highest BCUT2D eigenvalue weighted by molar-refractivity contribution is 5.98. The highest BCUT2D eigenvalue weighted by Crippen LogP contribution is 2.25. The maximum absolute atomic E-state index is 13.1. The molecule has 5 aromatic rings. The Morgan fingerprint density at radius 3 is 2.67 bits per heavy atom. The second kappa shape index (κ2) is 11.2. The number of hydrogen-bond acceptors (Lipinski definition) is 9. The van der Waals surface area contributed by atoms with E-state index in [4.69, 9.17) is 15.5 Å². The fraction of sp³-hybridized carbons (Fsp3) is 0.300. The van der Waals surface area contributed by atoms with Crippen LogP contribution >= 0.6 is 0 Å². The largest absolute Gasteiger partial charge is 0.382 e. The van der Waals surface area contributed by atoms with Crippen molar-refractivity contribution in [3.63, 3.8) is 0 Å². The van der Waals surface area contributed by atoms with Crippen LogP contribution in [0.5, 0.6) is 0 Å². The first kappa shape index (κ1) is 26.7. The number of nitrogen functional groups attached to an aromatic ring is 1. The van der Waals surface area contributed by atoms with Gasteiger partial charge in [0.15, 0.2) is 11.5 Å². The van der Waals surface area contributed by atoms with Gasteiger partial charge in [0.1, 0.15) is 11.5 Å². The summed E-state index contributed by atoms with van der Waals surface area (Å²) >= 11 is 0. The molecule has 13 heteroatoms. The number of nitrogens with one attached hydrogen (secondary N) is 3. The first-order chi connectivity index (χ1) is 21.0. The van der Waals surface area contributed by atoms with Crippen molar-refractivity contribution in [1.29, 1.82) is 0 Å². The number of para-hydroxylation sites is 1. The Morgan fingerprint density at radius 1 is 1.05 bits per heavy atom. The number of amides is 2. The maximum atomic E-state index is 13.1. The van der Waals surface area contributed by atoms with Crippen LogP contribution in [0.25, 0.3) is 16.6 Å². The van der Waals surface area contributed by atoms with Gasteiger partial charge >= 0.3 is 0 Å². The van der Waals surface area contributed by atoms with Gasteiger partial charge in [-0.05, 0) is 49.2 Å². The van der Waals surface area contributed by atoms with E-state index in [1.807, 2.05) is 47.4 Å². The molecule has 2 fully saturated rings. The lowest BCUT2D eigenvalue weighted by molar-refractivity contribution is 0.0303. The summed E-state index contributed by atoms with van der Waals surface area (Å²) in [6.45, 7) is 3.57. The number of aromatic amines is 1. The molecular weight excluding hydrogens is 548 g/mol. The molecule has 0 aliphatic carbocycles. The molecule has 5 heterocycles. The van der Waals surface area contributed by atoms with Crippen LogP contribution in [0.1, 0.15) is 33.7 Å². The van der Waals surface area contributed by atoms with Gasteiger partial charge in [0.2, 0.25) is 5.95 Å². The molecule has 43 heavy (non-hydrogen) atoms. The van der Waals surface area contributed by atoms with Gasteiger partial charge in [0.25, 0.3) is 11.8 Å². The number of nitrogens with two attached hydrogens (primary N) is 1. The zero-order chi connectivity index (χ0) is 29.3. The van der Waals surface area contributed by atoms with Gasteiger partial charge in [-0.1, -0.05) is 18.2 Å². The number of hydrogen-bond donors (Lipinski definition) is 4. The van der Waals surface area contributed by atoms with Gasteiger partial charge in [-0.25, -0.2) is 4.98 Å². The number of ether oxygens (including phenoxy) is 1. The molecule has 0 saturated carbocycles. The normalized spacial score (nSPS) is 17.3. The van der Waals surface area contributed by atoms with Crippen LogP contribution in [0.15, 0.2) is 60.8 Å². The van der Waals surface area contributed by atoms with E-state index < -0.39 is 0 Å². The SMILES string of the molecule is Nc1cnc2c(Nc3ccc(C(=O)N4CCOCC4)cc3)nc(N3CCC[C@@H](NC(=O)c4cc5ccccc5[nH]4)C3)nn12. The van der Waals surface area contributed by atoms with Crippen molar-refractivity contribution in [2.45, 2.75) is 18.9 Å². The Balaban J connectivity index is 1.08. The number of piperidine rings is 1. The molecule has 2 aliphatic heterocycles. The highest BCUT2D eigenvalue weighted by Gasteiger charge is 2.26. The topological polar surface area (TPSA) is 159 Å². The third kappa shape index (κ3) is 5.42. The van der Waals surface area contributed by atoms with Gasteiger partial charge in [0.05, 0.1) is 19.4 Å². The number of H-pyrrole nitrogens is 1. The number of imidazole rings is 1. The predicted molar refractivity (Wildman–Crippen MR) is 163 cm³/mol. The molecule has 2 aromatic carbocycles. The minimum absolute atomic E-state index is 0.0149. The lowest BCUT2D eigenvalue weighted by Crippen LogP contribution is -2.48. The molecule has 3 aromatic heterocycles. The smallest absolute Gasteiger partial charge is 0.268 e. The standard InChI is InChI=1S/C30H32N10O3/c31-25-17-32-27-26(33-21-9-7-19(8-10-21)29(42)38-12-14-43-15-13-38)36-30(37-40(25)27)39-11-3-5-22(18-39)34-28(41)24-16-20-4-1-2-6-23(20)35-24/h1-2,4,6-10,16-17,22,35H,3,5,11-15,18,31H2,(H,34,41)(H,33,36,37)/t22-/m1/s1. The molecule has 2 aliphatic rings. The van der Waals surface area contributed by atoms with E-state index in [0.717, 1.165) is 36.0 Å². The number of carbonyl (C=O) groups excluding carboxylic acids is 2. The molecule has 0 unspecified atom stereocenters. The second-order valence-electron chi connectivity index (χ2n) is 10.8. The zero-order valence-corrected chi connectivity index (χ0v) is 23.5. The zero-order valence-electron chi connectivity index (χ0n) is 23.5. The van der Waals surface area contributed by atoms with E-state index in [-0.39, 0.29) is 17.9 Å². The third-order valence-corrected chi connectivity index (χ3v) is 7.88. The van der Waals surface area contributed by atoms with E-state index in [9.17, 15) is 9.59 Å². The molecule has 220 valence electrons. The van der Waals surface area contributed by atoms with Crippen molar-refractivity contribution < 1.29 is 14.3 Å². The van der Waals surface area contributed by atoms with Gasteiger partial charge in [-0.3, -0.25) is 9.59 Å². The minimum Gasteiger partial charge on any atom is -0.382 e. The first-order valence-corrected chi connectivity index (χ1v) is 14.4. The Bertz CT molecular complexity index is 1760. The van der Waals surface area contributed by atoms with Crippen LogP contribution in [0, 0.1) is 0 Å². The number of carbonyl (C=O) groups is 2. The molecular formula is C30H32N10O3. The lowest BCUT2D eigenvalue weighted by Gasteiger charge is -2.33. The van der Waals surface area contributed by atoms with Gasteiger partial charge in [-0.15, -0.1) is 5.10 Å². The number of aromatic nitrogens is 5. The monoisotopic (exact) mass is 580 g/mol. The average molecular weight is 581 g/mol. The molecule has 0 bridgehead atoms. The number of morpholine rings is 1. The summed E-state index contributed by atoms with van der Waals surface area (Å²) in [4.78, 5) is 42.2. The van der Waals surface area contributed by atoms with Gasteiger partial charge in [0, 0.05) is 54.4 Å². The lowest BCUT2D eigenvalue weighted by atomic mass is 10.1. The molecule has 5 N–H and O–H groups in total. The summed E-state index contributed by atoms with van der Waals surface area (Å²) in [7, 11) is 0. The van der Waals surface area contributed by atoms with Crippen molar-refractivity contribution in [3.8, 4) is 0 Å². The Labute approximate surface area is 247 Å². The maximum Gasteiger partial charge on any atom is 0.268 e. The van der Waals surface area contributed by atoms with Gasteiger partial charge in [-0.2, -0.15) is 9.50 Å². The number of nitrogens with zero attached hydrogens (tertiary/aromatic N) is 6. The van der Waals surface area contributed by atoms with Crippen molar-refractivity contribution in [3.05, 3.63) is 72.1 Å². The molecule has 13 nitrogen and oxygen atoms in total. The Morgan fingerprint density at radius 2 is 1.86 bits per heavy atom. The van der Waals surface area contributed by atoms with Crippen LogP contribution in [-0.2, 0) is 4.74 Å². The van der Waals surface area contributed by atoms with Crippen LogP contribution in [0.3, 0.4) is 0 Å². The fourth-order valence-electron chi connectivity index (χ4n) is 5.62. The number of fused-ring (bicyclic) bond motifs is 2. The molecule has 1 atom stereocenters. The number of anilines is 4. The molecule has 2 saturated heterocycles. The van der Waals surface area contributed by atoms with E-state index in [1.165, 1.54) is 0 Å². The summed E-state index contributed by atoms with van der Waals surface area (Å²) in [5.41, 5.74) is 9.50. The summed E-state index contributed by atoms with van der Waals surface area (Å²) in [6, 6.07) is 16.9. The fourth-order valence-corrected chi connectivity index (χ4v) is 5.62. The van der Waals surface area contributed by atoms with E-state index in [2.05, 4.69) is 25.7 Å². The van der Waals surface area contributed by atoms with Crippen molar-refractivity contribution in [2.75, 3.05) is 55.3 Å². The molecule has 7 rings (SSSR count). The molecule has 2 amide bonds. The van der Waals surface area contributed by atoms with Crippen LogP contribution in [0.2, 0.25) is 0 Å².